The standard InChI is InChI=1S/C11H13BrN4O/c12-9-4-3-8-10(15-9)16-11(17-8)14-7-2-1-5-13-6-7/h3-4,7,13H,1-2,5-6H2,(H,14,15,16)/t7-/m1/s1. The van der Waals surface area contributed by atoms with Gasteiger partial charge in [-0.1, -0.05) is 0 Å². The van der Waals surface area contributed by atoms with Crippen LogP contribution in [0.1, 0.15) is 12.8 Å². The Morgan fingerprint density at radius 2 is 2.35 bits per heavy atom. The summed E-state index contributed by atoms with van der Waals surface area (Å²) in [4.78, 5) is 8.57. The SMILES string of the molecule is Brc1ccc2oc(N[C@@H]3CCCNC3)nc2n1. The van der Waals surface area contributed by atoms with Crippen molar-refractivity contribution in [3.63, 3.8) is 0 Å². The van der Waals surface area contributed by atoms with Gasteiger partial charge in [-0.2, -0.15) is 4.98 Å². The van der Waals surface area contributed by atoms with E-state index >= 15 is 0 Å². The molecule has 1 aliphatic rings. The van der Waals surface area contributed by atoms with Gasteiger partial charge in [0.25, 0.3) is 6.01 Å². The van der Waals surface area contributed by atoms with E-state index in [0.717, 1.165) is 24.1 Å². The number of nitrogens with zero attached hydrogens (tertiary/aromatic N) is 2. The molecule has 0 unspecified atom stereocenters. The zero-order chi connectivity index (χ0) is 11.7. The molecule has 0 radical (unpaired) electrons. The average molecular weight is 297 g/mol. The number of oxazole rings is 1. The summed E-state index contributed by atoms with van der Waals surface area (Å²) in [5.41, 5.74) is 1.34. The zero-order valence-corrected chi connectivity index (χ0v) is 10.8. The number of pyridine rings is 1. The monoisotopic (exact) mass is 296 g/mol. The lowest BCUT2D eigenvalue weighted by molar-refractivity contribution is 0.467. The van der Waals surface area contributed by atoms with Gasteiger partial charge in [0.2, 0.25) is 5.65 Å². The van der Waals surface area contributed by atoms with Crippen LogP contribution < -0.4 is 10.6 Å². The summed E-state index contributed by atoms with van der Waals surface area (Å²) in [5, 5.41) is 6.64. The molecule has 0 saturated carbocycles. The van der Waals surface area contributed by atoms with Crippen LogP contribution in [0.2, 0.25) is 0 Å². The normalized spacial score (nSPS) is 20.6. The lowest BCUT2D eigenvalue weighted by Gasteiger charge is -2.22. The quantitative estimate of drug-likeness (QED) is 0.832. The van der Waals surface area contributed by atoms with Crippen molar-refractivity contribution in [3.8, 4) is 0 Å². The maximum absolute atomic E-state index is 5.59. The fraction of sp³-hybridized carbons (Fsp3) is 0.455. The van der Waals surface area contributed by atoms with E-state index < -0.39 is 0 Å². The van der Waals surface area contributed by atoms with Crippen LogP contribution in [-0.4, -0.2) is 29.1 Å². The van der Waals surface area contributed by atoms with Gasteiger partial charge in [0.05, 0.1) is 0 Å². The molecule has 1 atom stereocenters. The maximum atomic E-state index is 5.59. The topological polar surface area (TPSA) is 63.0 Å². The third kappa shape index (κ3) is 2.42. The second kappa shape index (κ2) is 4.62. The van der Waals surface area contributed by atoms with Crippen LogP contribution in [-0.2, 0) is 0 Å². The molecule has 1 saturated heterocycles. The van der Waals surface area contributed by atoms with Crippen LogP contribution in [0.5, 0.6) is 0 Å². The summed E-state index contributed by atoms with van der Waals surface area (Å²) in [6.45, 7) is 2.05. The molecule has 0 aromatic carbocycles. The lowest BCUT2D eigenvalue weighted by Crippen LogP contribution is -2.38. The van der Waals surface area contributed by atoms with Crippen LogP contribution in [0.25, 0.3) is 11.2 Å². The van der Waals surface area contributed by atoms with Gasteiger partial charge in [-0.15, -0.1) is 0 Å². The number of aromatic nitrogens is 2. The minimum atomic E-state index is 0.389. The molecule has 17 heavy (non-hydrogen) atoms. The highest BCUT2D eigenvalue weighted by atomic mass is 79.9. The van der Waals surface area contributed by atoms with Crippen molar-refractivity contribution in [1.82, 2.24) is 15.3 Å². The highest BCUT2D eigenvalue weighted by Crippen LogP contribution is 2.20. The van der Waals surface area contributed by atoms with Crippen molar-refractivity contribution in [1.29, 1.82) is 0 Å². The summed E-state index contributed by atoms with van der Waals surface area (Å²) in [5.74, 6) is 0. The van der Waals surface area contributed by atoms with Crippen LogP contribution in [0.4, 0.5) is 6.01 Å². The van der Waals surface area contributed by atoms with Crippen molar-refractivity contribution in [2.24, 2.45) is 0 Å². The number of anilines is 1. The Morgan fingerprint density at radius 1 is 1.41 bits per heavy atom. The molecule has 0 amide bonds. The minimum Gasteiger partial charge on any atom is -0.422 e. The number of nitrogens with one attached hydrogen (secondary N) is 2. The highest BCUT2D eigenvalue weighted by Gasteiger charge is 2.15. The van der Waals surface area contributed by atoms with E-state index in [4.69, 9.17) is 4.42 Å². The van der Waals surface area contributed by atoms with Crippen molar-refractivity contribution in [2.75, 3.05) is 18.4 Å². The van der Waals surface area contributed by atoms with Crippen molar-refractivity contribution in [2.45, 2.75) is 18.9 Å². The van der Waals surface area contributed by atoms with Gasteiger partial charge in [0, 0.05) is 12.6 Å². The number of rotatable bonds is 2. The number of hydrogen-bond donors (Lipinski definition) is 2. The van der Waals surface area contributed by atoms with Gasteiger partial charge in [0.15, 0.2) is 5.58 Å². The highest BCUT2D eigenvalue weighted by molar-refractivity contribution is 9.10. The predicted octanol–water partition coefficient (Wildman–Crippen LogP) is 2.15. The van der Waals surface area contributed by atoms with Crippen LogP contribution >= 0.6 is 15.9 Å². The first-order valence-corrected chi connectivity index (χ1v) is 6.51. The molecule has 1 fully saturated rings. The van der Waals surface area contributed by atoms with Gasteiger partial charge in [-0.3, -0.25) is 0 Å². The van der Waals surface area contributed by atoms with Gasteiger partial charge in [-0.05, 0) is 47.4 Å². The van der Waals surface area contributed by atoms with Gasteiger partial charge >= 0.3 is 0 Å². The summed E-state index contributed by atoms with van der Waals surface area (Å²) in [6, 6.07) is 4.66. The first kappa shape index (κ1) is 11.0. The van der Waals surface area contributed by atoms with Crippen molar-refractivity contribution >= 4 is 33.2 Å². The zero-order valence-electron chi connectivity index (χ0n) is 9.24. The Morgan fingerprint density at radius 3 is 3.18 bits per heavy atom. The number of piperidine rings is 1. The minimum absolute atomic E-state index is 0.389. The Bertz CT molecular complexity index is 521. The number of halogens is 1. The second-order valence-electron chi connectivity index (χ2n) is 4.16. The first-order valence-electron chi connectivity index (χ1n) is 5.71. The van der Waals surface area contributed by atoms with E-state index in [2.05, 4.69) is 36.5 Å². The maximum Gasteiger partial charge on any atom is 0.297 e. The Balaban J connectivity index is 1.80. The fourth-order valence-corrected chi connectivity index (χ4v) is 2.31. The molecule has 2 N–H and O–H groups in total. The molecule has 2 aromatic rings. The summed E-state index contributed by atoms with van der Waals surface area (Å²) < 4.78 is 6.36. The van der Waals surface area contributed by atoms with Gasteiger partial charge in [-0.25, -0.2) is 4.98 Å². The van der Waals surface area contributed by atoms with E-state index in [1.54, 1.807) is 0 Å². The third-order valence-corrected chi connectivity index (χ3v) is 3.29. The van der Waals surface area contributed by atoms with E-state index in [1.807, 2.05) is 12.1 Å². The molecule has 5 nitrogen and oxygen atoms in total. The Hall–Kier alpha value is -1.14. The van der Waals surface area contributed by atoms with E-state index in [-0.39, 0.29) is 0 Å². The van der Waals surface area contributed by atoms with Crippen LogP contribution in [0, 0.1) is 0 Å². The largest absolute Gasteiger partial charge is 0.422 e. The van der Waals surface area contributed by atoms with Crippen molar-refractivity contribution < 1.29 is 4.42 Å². The molecule has 3 rings (SSSR count). The molecular formula is C11H13BrN4O. The molecular weight excluding hydrogens is 284 g/mol. The number of fused-ring (bicyclic) bond motifs is 1. The Labute approximate surface area is 107 Å². The predicted molar refractivity (Wildman–Crippen MR) is 69.0 cm³/mol. The summed E-state index contributed by atoms with van der Waals surface area (Å²) in [7, 11) is 0. The number of hydrogen-bond acceptors (Lipinski definition) is 5. The molecule has 3 heterocycles. The Kier molecular flexibility index (Phi) is 2.98. The van der Waals surface area contributed by atoms with Crippen LogP contribution in [0.3, 0.4) is 0 Å². The third-order valence-electron chi connectivity index (χ3n) is 2.84. The molecule has 90 valence electrons. The summed E-state index contributed by atoms with van der Waals surface area (Å²) >= 11 is 3.32. The molecule has 2 aromatic heterocycles. The second-order valence-corrected chi connectivity index (χ2v) is 4.97. The van der Waals surface area contributed by atoms with Crippen LogP contribution in [0.15, 0.2) is 21.2 Å². The summed E-state index contributed by atoms with van der Waals surface area (Å²) in [6.07, 6.45) is 2.32. The molecule has 1 aliphatic heterocycles. The first-order chi connectivity index (χ1) is 8.31. The fourth-order valence-electron chi connectivity index (χ4n) is 2.01. The van der Waals surface area contributed by atoms with E-state index in [9.17, 15) is 0 Å². The lowest BCUT2D eigenvalue weighted by atomic mass is 10.1. The molecule has 0 aliphatic carbocycles. The van der Waals surface area contributed by atoms with Gasteiger partial charge < -0.3 is 15.1 Å². The van der Waals surface area contributed by atoms with Gasteiger partial charge in [0.1, 0.15) is 4.60 Å². The smallest absolute Gasteiger partial charge is 0.297 e. The average Bonchev–Trinajstić information content (AvgIpc) is 2.71. The molecule has 0 bridgehead atoms. The van der Waals surface area contributed by atoms with E-state index in [0.29, 0.717) is 23.3 Å². The van der Waals surface area contributed by atoms with Crippen molar-refractivity contribution in [3.05, 3.63) is 16.7 Å². The van der Waals surface area contributed by atoms with E-state index in [1.165, 1.54) is 6.42 Å². The molecule has 6 heteroatoms. The molecule has 0 spiro atoms.